The highest BCUT2D eigenvalue weighted by atomic mass is 16.5. The Hall–Kier alpha value is -1.71. The molecule has 0 unspecified atom stereocenters. The normalized spacial score (nSPS) is 11.1. The van der Waals surface area contributed by atoms with Crippen molar-refractivity contribution in [2.45, 2.75) is 27.2 Å². The maximum atomic E-state index is 11.9. The molecule has 1 aromatic rings. The molecule has 1 aromatic carbocycles. The van der Waals surface area contributed by atoms with Gasteiger partial charge in [-0.3, -0.25) is 4.79 Å². The second-order valence-corrected chi connectivity index (χ2v) is 5.42. The number of rotatable bonds is 4. The Kier molecular flexibility index (Phi) is 4.59. The summed E-state index contributed by atoms with van der Waals surface area (Å²) in [6.45, 7) is 6.92. The minimum Gasteiger partial charge on any atom is -0.504 e. The molecule has 0 aromatic heterocycles. The molecule has 4 nitrogen and oxygen atoms in total. The third kappa shape index (κ3) is 3.95. The van der Waals surface area contributed by atoms with E-state index in [0.29, 0.717) is 12.3 Å². The number of para-hydroxylation sites is 1. The molecule has 0 fully saturated rings. The maximum absolute atomic E-state index is 11.9. The first kappa shape index (κ1) is 14.4. The van der Waals surface area contributed by atoms with Gasteiger partial charge in [0.2, 0.25) is 0 Å². The molecule has 0 atom stereocenters. The lowest BCUT2D eigenvalue weighted by atomic mass is 9.92. The van der Waals surface area contributed by atoms with Gasteiger partial charge in [-0.2, -0.15) is 0 Å². The molecule has 4 heteroatoms. The highest BCUT2D eigenvalue weighted by Crippen LogP contribution is 2.29. The van der Waals surface area contributed by atoms with E-state index in [2.05, 4.69) is 26.1 Å². The highest BCUT2D eigenvalue weighted by Gasteiger charge is 2.15. The van der Waals surface area contributed by atoms with Crippen LogP contribution in [0.3, 0.4) is 0 Å². The third-order valence-electron chi connectivity index (χ3n) is 2.62. The van der Waals surface area contributed by atoms with Crippen molar-refractivity contribution in [3.8, 4) is 11.5 Å². The Bertz CT molecular complexity index is 422. The lowest BCUT2D eigenvalue weighted by Crippen LogP contribution is -2.27. The van der Waals surface area contributed by atoms with E-state index in [1.165, 1.54) is 7.11 Å². The summed E-state index contributed by atoms with van der Waals surface area (Å²) in [4.78, 5) is 11.9. The Labute approximate surface area is 108 Å². The van der Waals surface area contributed by atoms with Crippen molar-refractivity contribution in [2.24, 2.45) is 5.41 Å². The molecule has 0 radical (unpaired) electrons. The summed E-state index contributed by atoms with van der Waals surface area (Å²) in [5.74, 6) is -0.0950. The predicted octanol–water partition coefficient (Wildman–Crippen LogP) is 2.57. The number of benzene rings is 1. The van der Waals surface area contributed by atoms with Crippen LogP contribution in [0.1, 0.15) is 37.6 Å². The number of ether oxygens (including phenoxy) is 1. The van der Waals surface area contributed by atoms with Crippen molar-refractivity contribution in [2.75, 3.05) is 13.7 Å². The molecule has 0 aliphatic heterocycles. The SMILES string of the molecule is COc1cccc(C(=O)NCCC(C)(C)C)c1O. The van der Waals surface area contributed by atoms with Gasteiger partial charge in [-0.25, -0.2) is 0 Å². The number of carbonyl (C=O) groups is 1. The molecular formula is C14H21NO3. The number of amides is 1. The molecule has 0 aliphatic rings. The highest BCUT2D eigenvalue weighted by molar-refractivity contribution is 5.97. The van der Waals surface area contributed by atoms with E-state index in [0.717, 1.165) is 6.42 Å². The average molecular weight is 251 g/mol. The topological polar surface area (TPSA) is 58.6 Å². The van der Waals surface area contributed by atoms with Gasteiger partial charge in [0, 0.05) is 6.54 Å². The van der Waals surface area contributed by atoms with Crippen LogP contribution in [0.15, 0.2) is 18.2 Å². The van der Waals surface area contributed by atoms with Gasteiger partial charge in [0.15, 0.2) is 11.5 Å². The Morgan fingerprint density at radius 2 is 2.06 bits per heavy atom. The minimum absolute atomic E-state index is 0.117. The number of phenolic OH excluding ortho intramolecular Hbond substituents is 1. The second kappa shape index (κ2) is 5.76. The summed E-state index contributed by atoms with van der Waals surface area (Å²) >= 11 is 0. The van der Waals surface area contributed by atoms with Gasteiger partial charge in [0.1, 0.15) is 0 Å². The van der Waals surface area contributed by atoms with E-state index in [1.54, 1.807) is 18.2 Å². The van der Waals surface area contributed by atoms with Crippen molar-refractivity contribution in [1.29, 1.82) is 0 Å². The molecule has 100 valence electrons. The van der Waals surface area contributed by atoms with Crippen LogP contribution in [0.25, 0.3) is 0 Å². The number of phenols is 1. The zero-order chi connectivity index (χ0) is 13.8. The van der Waals surface area contributed by atoms with Crippen molar-refractivity contribution >= 4 is 5.91 Å². The lowest BCUT2D eigenvalue weighted by molar-refractivity contribution is 0.0946. The van der Waals surface area contributed by atoms with E-state index >= 15 is 0 Å². The Morgan fingerprint density at radius 1 is 1.39 bits per heavy atom. The van der Waals surface area contributed by atoms with Crippen molar-refractivity contribution in [1.82, 2.24) is 5.32 Å². The Balaban J connectivity index is 2.68. The number of nitrogens with one attached hydrogen (secondary N) is 1. The van der Waals surface area contributed by atoms with Crippen LogP contribution < -0.4 is 10.1 Å². The van der Waals surface area contributed by atoms with Gasteiger partial charge in [-0.05, 0) is 24.0 Å². The largest absolute Gasteiger partial charge is 0.504 e. The van der Waals surface area contributed by atoms with Crippen LogP contribution in [0.5, 0.6) is 11.5 Å². The lowest BCUT2D eigenvalue weighted by Gasteiger charge is -2.18. The first-order valence-electron chi connectivity index (χ1n) is 5.99. The minimum atomic E-state index is -0.282. The summed E-state index contributed by atoms with van der Waals surface area (Å²) in [7, 11) is 1.45. The van der Waals surface area contributed by atoms with Gasteiger partial charge in [-0.1, -0.05) is 26.8 Å². The first-order chi connectivity index (χ1) is 8.35. The number of methoxy groups -OCH3 is 1. The van der Waals surface area contributed by atoms with Crippen LogP contribution in [0.2, 0.25) is 0 Å². The van der Waals surface area contributed by atoms with Crippen LogP contribution in [0.4, 0.5) is 0 Å². The molecule has 18 heavy (non-hydrogen) atoms. The van der Waals surface area contributed by atoms with E-state index in [4.69, 9.17) is 4.74 Å². The molecule has 0 spiro atoms. The van der Waals surface area contributed by atoms with Crippen molar-refractivity contribution in [3.63, 3.8) is 0 Å². The fourth-order valence-electron chi connectivity index (χ4n) is 1.52. The average Bonchev–Trinajstić information content (AvgIpc) is 2.27. The van der Waals surface area contributed by atoms with Gasteiger partial charge in [0.25, 0.3) is 5.91 Å². The maximum Gasteiger partial charge on any atom is 0.255 e. The van der Waals surface area contributed by atoms with Gasteiger partial charge >= 0.3 is 0 Å². The zero-order valence-electron chi connectivity index (χ0n) is 11.4. The predicted molar refractivity (Wildman–Crippen MR) is 71.1 cm³/mol. The van der Waals surface area contributed by atoms with Crippen molar-refractivity contribution in [3.05, 3.63) is 23.8 Å². The smallest absolute Gasteiger partial charge is 0.255 e. The molecule has 0 saturated heterocycles. The molecular weight excluding hydrogens is 230 g/mol. The van der Waals surface area contributed by atoms with E-state index < -0.39 is 0 Å². The van der Waals surface area contributed by atoms with Gasteiger partial charge in [0.05, 0.1) is 12.7 Å². The second-order valence-electron chi connectivity index (χ2n) is 5.42. The third-order valence-corrected chi connectivity index (χ3v) is 2.62. The molecule has 2 N–H and O–H groups in total. The molecule has 1 amide bonds. The number of carbonyl (C=O) groups excluding carboxylic acids is 1. The van der Waals surface area contributed by atoms with Gasteiger partial charge < -0.3 is 15.2 Å². The standard InChI is InChI=1S/C14H21NO3/c1-14(2,3)8-9-15-13(17)10-6-5-7-11(18-4)12(10)16/h5-7,16H,8-9H2,1-4H3,(H,15,17). The van der Waals surface area contributed by atoms with E-state index in [1.807, 2.05) is 0 Å². The van der Waals surface area contributed by atoms with Crippen LogP contribution in [-0.4, -0.2) is 24.7 Å². The summed E-state index contributed by atoms with van der Waals surface area (Å²) in [5.41, 5.74) is 0.409. The Morgan fingerprint density at radius 3 is 2.61 bits per heavy atom. The van der Waals surface area contributed by atoms with Gasteiger partial charge in [-0.15, -0.1) is 0 Å². The quantitative estimate of drug-likeness (QED) is 0.864. The number of aromatic hydroxyl groups is 1. The van der Waals surface area contributed by atoms with E-state index in [-0.39, 0.29) is 22.6 Å². The van der Waals surface area contributed by atoms with Crippen LogP contribution in [0, 0.1) is 5.41 Å². The van der Waals surface area contributed by atoms with E-state index in [9.17, 15) is 9.90 Å². The molecule has 0 aliphatic carbocycles. The van der Waals surface area contributed by atoms with Crippen LogP contribution in [-0.2, 0) is 0 Å². The molecule has 0 heterocycles. The van der Waals surface area contributed by atoms with Crippen molar-refractivity contribution < 1.29 is 14.6 Å². The van der Waals surface area contributed by atoms with Crippen LogP contribution >= 0.6 is 0 Å². The summed E-state index contributed by atoms with van der Waals surface area (Å²) in [6.07, 6.45) is 0.878. The monoisotopic (exact) mass is 251 g/mol. The number of hydrogen-bond donors (Lipinski definition) is 2. The summed E-state index contributed by atoms with van der Waals surface area (Å²) in [5, 5.41) is 12.6. The zero-order valence-corrected chi connectivity index (χ0v) is 11.4. The molecule has 0 saturated carbocycles. The molecule has 0 bridgehead atoms. The summed E-state index contributed by atoms with van der Waals surface area (Å²) < 4.78 is 4.96. The first-order valence-corrected chi connectivity index (χ1v) is 5.99. The number of hydrogen-bond acceptors (Lipinski definition) is 3. The fourth-order valence-corrected chi connectivity index (χ4v) is 1.52. The summed E-state index contributed by atoms with van der Waals surface area (Å²) in [6, 6.07) is 4.86. The fraction of sp³-hybridized carbons (Fsp3) is 0.500. The molecule has 1 rings (SSSR count).